The van der Waals surface area contributed by atoms with Gasteiger partial charge < -0.3 is 15.2 Å². The first-order valence-corrected chi connectivity index (χ1v) is 7.03. The van der Waals surface area contributed by atoms with Crippen LogP contribution < -0.4 is 10.6 Å². The number of imidazole rings is 1. The molecule has 1 aliphatic rings. The molecule has 0 atom stereocenters. The van der Waals surface area contributed by atoms with Gasteiger partial charge in [0.25, 0.3) is 0 Å². The van der Waals surface area contributed by atoms with Gasteiger partial charge in [0.2, 0.25) is 5.95 Å². The standard InChI is InChI=1S/C13H25N5/c1-2-17-8-6-15-13(17)18-11-9-16(10-12-18)7-4-3-5-14/h6,8H,2-5,7,9-12,14H2,1H3. The van der Waals surface area contributed by atoms with Crippen molar-refractivity contribution in [2.45, 2.75) is 26.3 Å². The highest BCUT2D eigenvalue weighted by Gasteiger charge is 2.19. The lowest BCUT2D eigenvalue weighted by molar-refractivity contribution is 0.252. The van der Waals surface area contributed by atoms with Crippen LogP contribution in [0.5, 0.6) is 0 Å². The van der Waals surface area contributed by atoms with E-state index in [1.807, 2.05) is 6.20 Å². The van der Waals surface area contributed by atoms with Crippen LogP contribution in [0.1, 0.15) is 19.8 Å². The van der Waals surface area contributed by atoms with Gasteiger partial charge in [-0.15, -0.1) is 0 Å². The van der Waals surface area contributed by atoms with Gasteiger partial charge in [0.1, 0.15) is 0 Å². The Balaban J connectivity index is 1.79. The van der Waals surface area contributed by atoms with Gasteiger partial charge in [-0.3, -0.25) is 4.90 Å². The second kappa shape index (κ2) is 6.75. The molecule has 1 fully saturated rings. The fourth-order valence-electron chi connectivity index (χ4n) is 2.48. The van der Waals surface area contributed by atoms with E-state index in [0.717, 1.165) is 51.6 Å². The third-order valence-electron chi connectivity index (χ3n) is 3.62. The molecule has 18 heavy (non-hydrogen) atoms. The third kappa shape index (κ3) is 3.23. The summed E-state index contributed by atoms with van der Waals surface area (Å²) in [6.45, 7) is 9.60. The maximum absolute atomic E-state index is 5.52. The maximum Gasteiger partial charge on any atom is 0.205 e. The van der Waals surface area contributed by atoms with Crippen molar-refractivity contribution in [3.63, 3.8) is 0 Å². The molecular weight excluding hydrogens is 226 g/mol. The number of anilines is 1. The summed E-state index contributed by atoms with van der Waals surface area (Å²) in [6, 6.07) is 0. The van der Waals surface area contributed by atoms with Crippen molar-refractivity contribution < 1.29 is 0 Å². The molecule has 0 aromatic carbocycles. The van der Waals surface area contributed by atoms with E-state index >= 15 is 0 Å². The average Bonchev–Trinajstić information content (AvgIpc) is 2.88. The van der Waals surface area contributed by atoms with Gasteiger partial charge in [0, 0.05) is 45.1 Å². The first kappa shape index (κ1) is 13.4. The lowest BCUT2D eigenvalue weighted by atomic mass is 10.2. The molecule has 2 N–H and O–H groups in total. The van der Waals surface area contributed by atoms with Crippen LogP contribution in [0.4, 0.5) is 5.95 Å². The van der Waals surface area contributed by atoms with Crippen LogP contribution in [0.15, 0.2) is 12.4 Å². The molecule has 0 spiro atoms. The van der Waals surface area contributed by atoms with E-state index < -0.39 is 0 Å². The molecule has 1 saturated heterocycles. The Hall–Kier alpha value is -1.07. The van der Waals surface area contributed by atoms with Crippen LogP contribution in [-0.4, -0.2) is 53.7 Å². The van der Waals surface area contributed by atoms with Crippen LogP contribution in [-0.2, 0) is 6.54 Å². The van der Waals surface area contributed by atoms with Crippen molar-refractivity contribution in [2.75, 3.05) is 44.2 Å². The van der Waals surface area contributed by atoms with E-state index in [-0.39, 0.29) is 0 Å². The Bertz CT molecular complexity index is 341. The van der Waals surface area contributed by atoms with E-state index in [2.05, 4.69) is 32.5 Å². The van der Waals surface area contributed by atoms with Crippen molar-refractivity contribution in [1.82, 2.24) is 14.5 Å². The van der Waals surface area contributed by atoms with Gasteiger partial charge in [0.15, 0.2) is 0 Å². The summed E-state index contributed by atoms with van der Waals surface area (Å²) in [5, 5.41) is 0. The Morgan fingerprint density at radius 1 is 1.22 bits per heavy atom. The minimum Gasteiger partial charge on any atom is -0.340 e. The highest BCUT2D eigenvalue weighted by molar-refractivity contribution is 5.32. The summed E-state index contributed by atoms with van der Waals surface area (Å²) in [7, 11) is 0. The number of nitrogens with two attached hydrogens (primary N) is 1. The zero-order chi connectivity index (χ0) is 12.8. The first-order valence-electron chi connectivity index (χ1n) is 7.03. The maximum atomic E-state index is 5.52. The largest absolute Gasteiger partial charge is 0.340 e. The number of unbranched alkanes of at least 4 members (excludes halogenated alkanes) is 1. The number of hydrogen-bond acceptors (Lipinski definition) is 4. The lowest BCUT2D eigenvalue weighted by Gasteiger charge is -2.35. The van der Waals surface area contributed by atoms with E-state index in [1.54, 1.807) is 0 Å². The predicted octanol–water partition coefficient (Wildman–Crippen LogP) is 0.764. The van der Waals surface area contributed by atoms with Crippen LogP contribution >= 0.6 is 0 Å². The smallest absolute Gasteiger partial charge is 0.205 e. The summed E-state index contributed by atoms with van der Waals surface area (Å²) >= 11 is 0. The van der Waals surface area contributed by atoms with Gasteiger partial charge >= 0.3 is 0 Å². The van der Waals surface area contributed by atoms with Crippen molar-refractivity contribution in [3.05, 3.63) is 12.4 Å². The fraction of sp³-hybridized carbons (Fsp3) is 0.769. The molecule has 2 heterocycles. The van der Waals surface area contributed by atoms with E-state index in [4.69, 9.17) is 5.73 Å². The van der Waals surface area contributed by atoms with Crippen LogP contribution in [0, 0.1) is 0 Å². The number of rotatable bonds is 6. The quantitative estimate of drug-likeness (QED) is 0.759. The Labute approximate surface area is 110 Å². The molecular formula is C13H25N5. The molecule has 0 radical (unpaired) electrons. The van der Waals surface area contributed by atoms with Crippen LogP contribution in [0.3, 0.4) is 0 Å². The van der Waals surface area contributed by atoms with E-state index in [1.165, 1.54) is 13.0 Å². The topological polar surface area (TPSA) is 50.3 Å². The highest BCUT2D eigenvalue weighted by Crippen LogP contribution is 2.14. The summed E-state index contributed by atoms with van der Waals surface area (Å²) in [6.07, 6.45) is 6.32. The minimum absolute atomic E-state index is 0.813. The Kier molecular flexibility index (Phi) is 5.01. The SMILES string of the molecule is CCn1ccnc1N1CCN(CCCCN)CC1. The van der Waals surface area contributed by atoms with Gasteiger partial charge in [0.05, 0.1) is 0 Å². The second-order valence-corrected chi connectivity index (χ2v) is 4.84. The molecule has 0 saturated carbocycles. The Morgan fingerprint density at radius 3 is 2.67 bits per heavy atom. The van der Waals surface area contributed by atoms with Crippen molar-refractivity contribution in [3.8, 4) is 0 Å². The average molecular weight is 251 g/mol. The molecule has 5 nitrogen and oxygen atoms in total. The molecule has 1 aliphatic heterocycles. The molecule has 1 aromatic rings. The molecule has 0 amide bonds. The normalized spacial score (nSPS) is 17.3. The number of aromatic nitrogens is 2. The van der Waals surface area contributed by atoms with Gasteiger partial charge in [-0.25, -0.2) is 4.98 Å². The monoisotopic (exact) mass is 251 g/mol. The Morgan fingerprint density at radius 2 is 2.00 bits per heavy atom. The van der Waals surface area contributed by atoms with Crippen LogP contribution in [0.25, 0.3) is 0 Å². The summed E-state index contributed by atoms with van der Waals surface area (Å²) < 4.78 is 2.21. The number of piperazine rings is 1. The molecule has 1 aromatic heterocycles. The van der Waals surface area contributed by atoms with Crippen LogP contribution in [0.2, 0.25) is 0 Å². The van der Waals surface area contributed by atoms with E-state index in [9.17, 15) is 0 Å². The van der Waals surface area contributed by atoms with Crippen molar-refractivity contribution in [1.29, 1.82) is 0 Å². The molecule has 5 heteroatoms. The third-order valence-corrected chi connectivity index (χ3v) is 3.62. The first-order chi connectivity index (χ1) is 8.85. The predicted molar refractivity (Wildman–Crippen MR) is 74.8 cm³/mol. The minimum atomic E-state index is 0.813. The zero-order valence-corrected chi connectivity index (χ0v) is 11.4. The summed E-state index contributed by atoms with van der Waals surface area (Å²) in [5.74, 6) is 1.12. The second-order valence-electron chi connectivity index (χ2n) is 4.84. The summed E-state index contributed by atoms with van der Waals surface area (Å²) in [4.78, 5) is 9.39. The van der Waals surface area contributed by atoms with Gasteiger partial charge in [-0.2, -0.15) is 0 Å². The number of hydrogen-bond donors (Lipinski definition) is 1. The lowest BCUT2D eigenvalue weighted by Crippen LogP contribution is -2.47. The molecule has 0 bridgehead atoms. The van der Waals surface area contributed by atoms with E-state index in [0.29, 0.717) is 0 Å². The number of nitrogens with zero attached hydrogens (tertiary/aromatic N) is 4. The molecule has 2 rings (SSSR count). The molecule has 102 valence electrons. The molecule has 0 aliphatic carbocycles. The molecule has 0 unspecified atom stereocenters. The highest BCUT2D eigenvalue weighted by atomic mass is 15.3. The van der Waals surface area contributed by atoms with Gasteiger partial charge in [-0.1, -0.05) is 0 Å². The summed E-state index contributed by atoms with van der Waals surface area (Å²) in [5.41, 5.74) is 5.52. The zero-order valence-electron chi connectivity index (χ0n) is 11.4. The van der Waals surface area contributed by atoms with Crippen molar-refractivity contribution >= 4 is 5.95 Å². The van der Waals surface area contributed by atoms with Crippen molar-refractivity contribution in [2.24, 2.45) is 5.73 Å². The fourth-order valence-corrected chi connectivity index (χ4v) is 2.48. The van der Waals surface area contributed by atoms with Gasteiger partial charge in [-0.05, 0) is 32.9 Å². The number of aryl methyl sites for hydroxylation is 1.